The maximum atomic E-state index is 12.4. The molecule has 2 rings (SSSR count). The number of carbonyl (C=O) groups is 1. The number of methoxy groups -OCH3 is 1. The van der Waals surface area contributed by atoms with Crippen LogP contribution in [0.2, 0.25) is 0 Å². The summed E-state index contributed by atoms with van der Waals surface area (Å²) in [6.07, 6.45) is 0.780. The molecule has 0 aromatic heterocycles. The Bertz CT molecular complexity index is 438. The van der Waals surface area contributed by atoms with E-state index in [0.717, 1.165) is 6.42 Å². The molecule has 0 aliphatic carbocycles. The first kappa shape index (κ1) is 15.9. The lowest BCUT2D eigenvalue weighted by Gasteiger charge is -2.20. The van der Waals surface area contributed by atoms with Crippen LogP contribution in [0.4, 0.5) is 0 Å². The van der Waals surface area contributed by atoms with Gasteiger partial charge in [0.15, 0.2) is 0 Å². The second-order valence-electron chi connectivity index (χ2n) is 5.22. The normalized spacial score (nSPS) is 22.0. The van der Waals surface area contributed by atoms with Crippen LogP contribution in [-0.4, -0.2) is 56.5 Å². The number of hydrogen-bond acceptors (Lipinski definition) is 4. The molecule has 0 radical (unpaired) electrons. The molecular formula is C16H24N2O3. The van der Waals surface area contributed by atoms with Gasteiger partial charge in [-0.25, -0.2) is 0 Å². The van der Waals surface area contributed by atoms with Crippen molar-refractivity contribution >= 4 is 5.91 Å². The van der Waals surface area contributed by atoms with Crippen molar-refractivity contribution in [1.29, 1.82) is 0 Å². The zero-order valence-corrected chi connectivity index (χ0v) is 12.7. The number of carbonyl (C=O) groups excluding carboxylic acids is 1. The second kappa shape index (κ2) is 8.12. The first-order chi connectivity index (χ1) is 10.2. The van der Waals surface area contributed by atoms with Crippen molar-refractivity contribution in [2.24, 2.45) is 0 Å². The average molecular weight is 292 g/mol. The van der Waals surface area contributed by atoms with Crippen molar-refractivity contribution in [2.75, 3.05) is 33.5 Å². The minimum atomic E-state index is -0.138. The van der Waals surface area contributed by atoms with Crippen LogP contribution >= 0.6 is 0 Å². The number of amides is 1. The van der Waals surface area contributed by atoms with E-state index in [-0.39, 0.29) is 18.1 Å². The Hall–Kier alpha value is -1.43. The number of benzene rings is 1. The first-order valence-electron chi connectivity index (χ1n) is 7.39. The van der Waals surface area contributed by atoms with Gasteiger partial charge in [0.05, 0.1) is 32.0 Å². The van der Waals surface area contributed by atoms with Crippen LogP contribution in [0.15, 0.2) is 30.3 Å². The van der Waals surface area contributed by atoms with Gasteiger partial charge in [-0.15, -0.1) is 0 Å². The molecule has 0 bridgehead atoms. The third kappa shape index (κ3) is 4.52. The zero-order chi connectivity index (χ0) is 15.1. The number of nitrogens with zero attached hydrogens (tertiary/aromatic N) is 1. The van der Waals surface area contributed by atoms with Gasteiger partial charge in [-0.1, -0.05) is 30.3 Å². The van der Waals surface area contributed by atoms with Gasteiger partial charge in [0.2, 0.25) is 5.91 Å². The zero-order valence-electron chi connectivity index (χ0n) is 12.7. The fraction of sp³-hybridized carbons (Fsp3) is 0.562. The van der Waals surface area contributed by atoms with Gasteiger partial charge < -0.3 is 14.4 Å². The molecule has 1 aromatic carbocycles. The monoisotopic (exact) mass is 292 g/mol. The van der Waals surface area contributed by atoms with Crippen molar-refractivity contribution in [3.05, 3.63) is 35.9 Å². The molecule has 1 saturated heterocycles. The van der Waals surface area contributed by atoms with Crippen LogP contribution in [0.25, 0.3) is 0 Å². The van der Waals surface area contributed by atoms with Crippen molar-refractivity contribution in [3.63, 3.8) is 0 Å². The number of ether oxygens (including phenoxy) is 2. The van der Waals surface area contributed by atoms with Gasteiger partial charge in [0.25, 0.3) is 0 Å². The smallest absolute Gasteiger partial charge is 0.241 e. The molecule has 1 aliphatic rings. The van der Waals surface area contributed by atoms with Gasteiger partial charge in [-0.3, -0.25) is 10.1 Å². The van der Waals surface area contributed by atoms with Gasteiger partial charge in [0.1, 0.15) is 0 Å². The highest BCUT2D eigenvalue weighted by Gasteiger charge is 2.35. The Kier molecular flexibility index (Phi) is 6.17. The highest BCUT2D eigenvalue weighted by molar-refractivity contribution is 5.84. The largest absolute Gasteiger partial charge is 0.382 e. The Balaban J connectivity index is 1.80. The predicted molar refractivity (Wildman–Crippen MR) is 80.9 cm³/mol. The van der Waals surface area contributed by atoms with Gasteiger partial charge in [0, 0.05) is 13.7 Å². The molecule has 116 valence electrons. The van der Waals surface area contributed by atoms with Crippen LogP contribution in [0.1, 0.15) is 12.5 Å². The first-order valence-corrected chi connectivity index (χ1v) is 7.39. The van der Waals surface area contributed by atoms with E-state index in [0.29, 0.717) is 26.4 Å². The molecular weight excluding hydrogens is 268 g/mol. The molecule has 0 saturated carbocycles. The van der Waals surface area contributed by atoms with Crippen LogP contribution in [-0.2, 0) is 20.7 Å². The second-order valence-corrected chi connectivity index (χ2v) is 5.22. The Morgan fingerprint density at radius 1 is 1.19 bits per heavy atom. The van der Waals surface area contributed by atoms with Crippen molar-refractivity contribution < 1.29 is 14.3 Å². The van der Waals surface area contributed by atoms with Gasteiger partial charge in [-0.05, 0) is 18.9 Å². The molecule has 5 heteroatoms. The summed E-state index contributed by atoms with van der Waals surface area (Å²) in [5, 5.41) is 3.35. The highest BCUT2D eigenvalue weighted by atomic mass is 16.5. The highest BCUT2D eigenvalue weighted by Crippen LogP contribution is 2.14. The number of nitrogens with one attached hydrogen (secondary N) is 1. The van der Waals surface area contributed by atoms with Crippen molar-refractivity contribution in [2.45, 2.75) is 25.6 Å². The summed E-state index contributed by atoms with van der Waals surface area (Å²) in [6, 6.07) is 9.95. The fourth-order valence-corrected chi connectivity index (χ4v) is 2.55. The molecule has 1 amide bonds. The molecule has 1 N–H and O–H groups in total. The van der Waals surface area contributed by atoms with E-state index in [1.807, 2.05) is 30.0 Å². The molecule has 1 fully saturated rings. The lowest BCUT2D eigenvalue weighted by atomic mass is 10.1. The summed E-state index contributed by atoms with van der Waals surface area (Å²) >= 11 is 0. The molecule has 1 aliphatic heterocycles. The quantitative estimate of drug-likeness (QED) is 0.727. The van der Waals surface area contributed by atoms with Gasteiger partial charge in [-0.2, -0.15) is 0 Å². The molecule has 1 aromatic rings. The van der Waals surface area contributed by atoms with Crippen LogP contribution in [0.5, 0.6) is 0 Å². The predicted octanol–water partition coefficient (Wildman–Crippen LogP) is 1.04. The van der Waals surface area contributed by atoms with Crippen LogP contribution in [0, 0.1) is 0 Å². The third-order valence-corrected chi connectivity index (χ3v) is 3.68. The number of rotatable bonds is 8. The summed E-state index contributed by atoms with van der Waals surface area (Å²) in [6.45, 7) is 4.31. The molecule has 0 spiro atoms. The summed E-state index contributed by atoms with van der Waals surface area (Å²) in [5.74, 6) is 0.154. The Morgan fingerprint density at radius 3 is 2.67 bits per heavy atom. The summed E-state index contributed by atoms with van der Waals surface area (Å²) in [4.78, 5) is 14.3. The molecule has 1 heterocycles. The lowest BCUT2D eigenvalue weighted by Crippen LogP contribution is -2.37. The van der Waals surface area contributed by atoms with Crippen LogP contribution < -0.4 is 5.32 Å². The fourth-order valence-electron chi connectivity index (χ4n) is 2.55. The van der Waals surface area contributed by atoms with E-state index >= 15 is 0 Å². The van der Waals surface area contributed by atoms with Crippen LogP contribution in [0.3, 0.4) is 0 Å². The molecule has 21 heavy (non-hydrogen) atoms. The topological polar surface area (TPSA) is 50.8 Å². The van der Waals surface area contributed by atoms with Gasteiger partial charge >= 0.3 is 0 Å². The van der Waals surface area contributed by atoms with E-state index < -0.39 is 0 Å². The summed E-state index contributed by atoms with van der Waals surface area (Å²) in [5.41, 5.74) is 1.17. The van der Waals surface area contributed by atoms with E-state index in [4.69, 9.17) is 9.47 Å². The van der Waals surface area contributed by atoms with Crippen molar-refractivity contribution in [1.82, 2.24) is 10.2 Å². The molecule has 5 nitrogen and oxygen atoms in total. The Labute approximate surface area is 126 Å². The van der Waals surface area contributed by atoms with E-state index in [1.54, 1.807) is 7.11 Å². The maximum Gasteiger partial charge on any atom is 0.241 e. The SMILES string of the molecule is COCCOCCN1C(=O)C(Cc2ccccc2)NC1C. The van der Waals surface area contributed by atoms with E-state index in [2.05, 4.69) is 17.4 Å². The molecule has 2 unspecified atom stereocenters. The summed E-state index contributed by atoms with van der Waals surface area (Å²) in [7, 11) is 1.65. The van der Waals surface area contributed by atoms with E-state index in [9.17, 15) is 4.79 Å². The summed E-state index contributed by atoms with van der Waals surface area (Å²) < 4.78 is 10.4. The number of hydrogen-bond donors (Lipinski definition) is 1. The van der Waals surface area contributed by atoms with E-state index in [1.165, 1.54) is 5.56 Å². The average Bonchev–Trinajstić information content (AvgIpc) is 2.75. The standard InChI is InChI=1S/C16H24N2O3/c1-13-17-15(12-14-6-4-3-5-7-14)16(19)18(13)8-9-21-11-10-20-2/h3-7,13,15,17H,8-12H2,1-2H3. The Morgan fingerprint density at radius 2 is 1.95 bits per heavy atom. The third-order valence-electron chi connectivity index (χ3n) is 3.68. The maximum absolute atomic E-state index is 12.4. The molecule has 2 atom stereocenters. The minimum absolute atomic E-state index is 0.0530. The minimum Gasteiger partial charge on any atom is -0.382 e. The lowest BCUT2D eigenvalue weighted by molar-refractivity contribution is -0.130. The van der Waals surface area contributed by atoms with Crippen molar-refractivity contribution in [3.8, 4) is 0 Å².